The van der Waals surface area contributed by atoms with E-state index in [4.69, 9.17) is 10.5 Å². The zero-order valence-electron chi connectivity index (χ0n) is 9.90. The molecule has 0 bridgehead atoms. The number of methoxy groups -OCH3 is 1. The van der Waals surface area contributed by atoms with Crippen molar-refractivity contribution < 1.29 is 13.9 Å². The molecule has 0 amide bonds. The summed E-state index contributed by atoms with van der Waals surface area (Å²) in [5, 5.41) is 0. The maximum atomic E-state index is 13.5. The molecule has 0 fully saturated rings. The number of nitrogens with zero attached hydrogens (tertiary/aromatic N) is 2. The molecule has 0 atom stereocenters. The van der Waals surface area contributed by atoms with Crippen LogP contribution in [-0.2, 0) is 0 Å². The summed E-state index contributed by atoms with van der Waals surface area (Å²) in [6, 6.07) is 2.95. The lowest BCUT2D eigenvalue weighted by molar-refractivity contribution is 0.0997. The van der Waals surface area contributed by atoms with Gasteiger partial charge in [0.05, 0.1) is 12.8 Å². The summed E-state index contributed by atoms with van der Waals surface area (Å²) in [5.74, 6) is -1.59. The second-order valence-corrected chi connectivity index (χ2v) is 3.56. The molecule has 0 aromatic carbocycles. The number of aromatic nitrogens is 1. The number of pyridine rings is 1. The summed E-state index contributed by atoms with van der Waals surface area (Å²) < 4.78 is 18.3. The van der Waals surface area contributed by atoms with Crippen molar-refractivity contribution >= 4 is 11.5 Å². The molecule has 1 rings (SSSR count). The number of carbonyl (C=O) groups excluding carboxylic acids is 1. The maximum absolute atomic E-state index is 13.5. The Hall–Kier alpha value is -2.11. The van der Waals surface area contributed by atoms with Crippen LogP contribution in [0.4, 0.5) is 10.1 Å². The quantitative estimate of drug-likeness (QED) is 0.632. The van der Waals surface area contributed by atoms with E-state index >= 15 is 0 Å². The Morgan fingerprint density at radius 2 is 2.18 bits per heavy atom. The third kappa shape index (κ3) is 3.17. The van der Waals surface area contributed by atoms with Gasteiger partial charge in [0.15, 0.2) is 5.83 Å². The largest absolute Gasteiger partial charge is 0.481 e. The molecule has 5 nitrogen and oxygen atoms in total. The summed E-state index contributed by atoms with van der Waals surface area (Å²) in [4.78, 5) is 16.9. The molecule has 17 heavy (non-hydrogen) atoms. The molecule has 0 aliphatic heterocycles. The molecule has 2 N–H and O–H groups in total. The normalized spacial score (nSPS) is 11.2. The van der Waals surface area contributed by atoms with Crippen molar-refractivity contribution in [1.82, 2.24) is 9.88 Å². The Balaban J connectivity index is 3.11. The maximum Gasteiger partial charge on any atom is 0.243 e. The summed E-state index contributed by atoms with van der Waals surface area (Å²) in [5.41, 5.74) is 5.52. The number of halogens is 1. The van der Waals surface area contributed by atoms with E-state index < -0.39 is 11.6 Å². The van der Waals surface area contributed by atoms with Gasteiger partial charge in [-0.2, -0.15) is 0 Å². The van der Waals surface area contributed by atoms with E-state index in [2.05, 4.69) is 4.98 Å². The minimum absolute atomic E-state index is 0.109. The second-order valence-electron chi connectivity index (χ2n) is 3.56. The zero-order chi connectivity index (χ0) is 13.0. The second kappa shape index (κ2) is 5.29. The molecule has 1 heterocycles. The smallest absolute Gasteiger partial charge is 0.243 e. The molecule has 0 spiro atoms. The van der Waals surface area contributed by atoms with Gasteiger partial charge in [0.2, 0.25) is 11.7 Å². The van der Waals surface area contributed by atoms with E-state index in [0.29, 0.717) is 0 Å². The number of ketones is 1. The number of rotatable bonds is 4. The lowest BCUT2D eigenvalue weighted by Crippen LogP contribution is -2.11. The van der Waals surface area contributed by atoms with Gasteiger partial charge >= 0.3 is 0 Å². The fraction of sp³-hybridized carbons (Fsp3) is 0.273. The van der Waals surface area contributed by atoms with Crippen LogP contribution in [0.1, 0.15) is 10.5 Å². The Bertz CT molecular complexity index is 458. The highest BCUT2D eigenvalue weighted by molar-refractivity contribution is 6.08. The third-order valence-corrected chi connectivity index (χ3v) is 1.91. The molecule has 0 unspecified atom stereocenters. The Morgan fingerprint density at radius 1 is 1.53 bits per heavy atom. The Labute approximate surface area is 98.7 Å². The molecule has 6 heteroatoms. The Morgan fingerprint density at radius 3 is 2.71 bits per heavy atom. The zero-order valence-corrected chi connectivity index (χ0v) is 9.90. The van der Waals surface area contributed by atoms with Crippen LogP contribution in [0.5, 0.6) is 5.88 Å². The van der Waals surface area contributed by atoms with E-state index in [0.717, 1.165) is 6.20 Å². The first kappa shape index (κ1) is 13.0. The topological polar surface area (TPSA) is 68.5 Å². The van der Waals surface area contributed by atoms with Crippen LogP contribution in [0.15, 0.2) is 24.2 Å². The number of allylic oxidation sites excluding steroid dienone is 1. The van der Waals surface area contributed by atoms with E-state index in [9.17, 15) is 9.18 Å². The van der Waals surface area contributed by atoms with Crippen molar-refractivity contribution in [2.24, 2.45) is 0 Å². The average molecular weight is 239 g/mol. The predicted molar refractivity (Wildman–Crippen MR) is 62.4 cm³/mol. The third-order valence-electron chi connectivity index (χ3n) is 1.91. The molecule has 0 radical (unpaired) electrons. The van der Waals surface area contributed by atoms with Gasteiger partial charge < -0.3 is 15.4 Å². The van der Waals surface area contributed by atoms with Crippen molar-refractivity contribution in [2.45, 2.75) is 0 Å². The lowest BCUT2D eigenvalue weighted by Gasteiger charge is -2.07. The van der Waals surface area contributed by atoms with Crippen LogP contribution in [0.3, 0.4) is 0 Å². The molecule has 1 aromatic heterocycles. The number of nitrogens with two attached hydrogens (primary N) is 1. The van der Waals surface area contributed by atoms with E-state index in [1.807, 2.05) is 0 Å². The van der Waals surface area contributed by atoms with Crippen molar-refractivity contribution in [1.29, 1.82) is 0 Å². The van der Waals surface area contributed by atoms with Gasteiger partial charge in [-0.1, -0.05) is 0 Å². The van der Waals surface area contributed by atoms with Crippen LogP contribution in [-0.4, -0.2) is 36.9 Å². The number of hydrogen-bond donors (Lipinski definition) is 1. The minimum Gasteiger partial charge on any atom is -0.481 e. The molecule has 0 saturated carbocycles. The van der Waals surface area contributed by atoms with Crippen molar-refractivity contribution in [3.63, 3.8) is 0 Å². The van der Waals surface area contributed by atoms with E-state index in [1.54, 1.807) is 14.1 Å². The number of nitrogen functional groups attached to an aromatic ring is 1. The molecule has 0 aliphatic carbocycles. The highest BCUT2D eigenvalue weighted by Crippen LogP contribution is 2.18. The van der Waals surface area contributed by atoms with Gasteiger partial charge in [-0.05, 0) is 6.07 Å². The van der Waals surface area contributed by atoms with Gasteiger partial charge in [0, 0.05) is 26.4 Å². The van der Waals surface area contributed by atoms with Crippen molar-refractivity contribution in [2.75, 3.05) is 26.9 Å². The number of ether oxygens (including phenoxy) is 1. The van der Waals surface area contributed by atoms with Gasteiger partial charge in [-0.15, -0.1) is 0 Å². The summed E-state index contributed by atoms with van der Waals surface area (Å²) in [6.07, 6.45) is 1.06. The van der Waals surface area contributed by atoms with Crippen LogP contribution in [0.2, 0.25) is 0 Å². The predicted octanol–water partition coefficient (Wildman–Crippen LogP) is 1.23. The highest BCUT2D eigenvalue weighted by Gasteiger charge is 2.18. The lowest BCUT2D eigenvalue weighted by atomic mass is 10.2. The summed E-state index contributed by atoms with van der Waals surface area (Å²) in [7, 11) is 4.61. The van der Waals surface area contributed by atoms with Crippen molar-refractivity contribution in [3.05, 3.63) is 29.9 Å². The standard InChI is InChI=1S/C11H14FN3O2/c1-15(2)6-7(12)11(16)10-8(13)4-5-9(14-10)17-3/h4-6H,13H2,1-3H3/b7-6+. The molecular formula is C11H14FN3O2. The Kier molecular flexibility index (Phi) is 4.03. The summed E-state index contributed by atoms with van der Waals surface area (Å²) >= 11 is 0. The molecule has 0 aliphatic rings. The van der Waals surface area contributed by atoms with Crippen LogP contribution in [0, 0.1) is 0 Å². The number of carbonyl (C=O) groups is 1. The fourth-order valence-electron chi connectivity index (χ4n) is 1.15. The number of anilines is 1. The molecule has 0 saturated heterocycles. The van der Waals surface area contributed by atoms with Crippen LogP contribution in [0.25, 0.3) is 0 Å². The van der Waals surface area contributed by atoms with Crippen molar-refractivity contribution in [3.8, 4) is 5.88 Å². The van der Waals surface area contributed by atoms with Gasteiger partial charge in [-0.3, -0.25) is 4.79 Å². The van der Waals surface area contributed by atoms with Crippen LogP contribution >= 0.6 is 0 Å². The van der Waals surface area contributed by atoms with Gasteiger partial charge in [0.25, 0.3) is 0 Å². The molecule has 92 valence electrons. The van der Waals surface area contributed by atoms with Gasteiger partial charge in [0.1, 0.15) is 5.69 Å². The van der Waals surface area contributed by atoms with E-state index in [1.165, 1.54) is 24.1 Å². The SMILES string of the molecule is COc1ccc(N)c(C(=O)/C(F)=C\N(C)C)n1. The van der Waals surface area contributed by atoms with Crippen LogP contribution < -0.4 is 10.5 Å². The number of Topliss-reactive ketones (excluding diaryl/α,β-unsaturated/α-hetero) is 1. The van der Waals surface area contributed by atoms with E-state index in [-0.39, 0.29) is 17.3 Å². The fourth-order valence-corrected chi connectivity index (χ4v) is 1.15. The summed E-state index contributed by atoms with van der Waals surface area (Å²) in [6.45, 7) is 0. The molecule has 1 aromatic rings. The van der Waals surface area contributed by atoms with Gasteiger partial charge in [-0.25, -0.2) is 9.37 Å². The number of hydrogen-bond acceptors (Lipinski definition) is 5. The highest BCUT2D eigenvalue weighted by atomic mass is 19.1. The molecular weight excluding hydrogens is 225 g/mol. The average Bonchev–Trinajstić information content (AvgIpc) is 2.28. The monoisotopic (exact) mass is 239 g/mol. The first-order valence-electron chi connectivity index (χ1n) is 4.84. The first-order valence-corrected chi connectivity index (χ1v) is 4.84. The minimum atomic E-state index is -0.928. The first-order chi connectivity index (χ1) is 7.95.